The van der Waals surface area contributed by atoms with Crippen LogP contribution in [0.2, 0.25) is 0 Å². The molecule has 10 heteroatoms. The van der Waals surface area contributed by atoms with Gasteiger partial charge in [-0.1, -0.05) is 0 Å². The SMILES string of the molecule is O=C(O)c1cc(OCC2CCCN2c2ncnc3[nH]cnc23)c2cc(F)ccc2n1. The number of H-pyrrole nitrogens is 1. The van der Waals surface area contributed by atoms with Crippen LogP contribution >= 0.6 is 0 Å². The van der Waals surface area contributed by atoms with Gasteiger partial charge in [0.05, 0.1) is 17.9 Å². The van der Waals surface area contributed by atoms with E-state index in [1.165, 1.54) is 30.6 Å². The molecule has 30 heavy (non-hydrogen) atoms. The zero-order valence-electron chi connectivity index (χ0n) is 15.7. The van der Waals surface area contributed by atoms with Crippen LogP contribution in [0.15, 0.2) is 36.9 Å². The first-order chi connectivity index (χ1) is 14.6. The average molecular weight is 408 g/mol. The summed E-state index contributed by atoms with van der Waals surface area (Å²) in [6.45, 7) is 1.07. The van der Waals surface area contributed by atoms with Gasteiger partial charge in [-0.25, -0.2) is 29.1 Å². The minimum absolute atomic E-state index is 0.00449. The number of fused-ring (bicyclic) bond motifs is 2. The molecule has 4 aromatic rings. The van der Waals surface area contributed by atoms with Crippen LogP contribution in [0, 0.1) is 5.82 Å². The van der Waals surface area contributed by atoms with Crippen molar-refractivity contribution in [2.24, 2.45) is 0 Å². The number of hydrogen-bond donors (Lipinski definition) is 2. The number of carboxylic acids is 1. The first kappa shape index (κ1) is 18.2. The van der Waals surface area contributed by atoms with E-state index in [0.29, 0.717) is 22.1 Å². The highest BCUT2D eigenvalue weighted by Gasteiger charge is 2.29. The normalized spacial score (nSPS) is 16.4. The number of carboxylic acid groups (broad SMARTS) is 1. The molecule has 1 aliphatic rings. The second-order valence-electron chi connectivity index (χ2n) is 7.07. The van der Waals surface area contributed by atoms with Crippen molar-refractivity contribution in [2.75, 3.05) is 18.1 Å². The molecule has 0 spiro atoms. The van der Waals surface area contributed by atoms with Crippen LogP contribution in [0.25, 0.3) is 22.1 Å². The van der Waals surface area contributed by atoms with Crippen LogP contribution in [0.5, 0.6) is 5.75 Å². The van der Waals surface area contributed by atoms with Gasteiger partial charge in [-0.3, -0.25) is 0 Å². The summed E-state index contributed by atoms with van der Waals surface area (Å²) in [5, 5.41) is 9.78. The zero-order valence-corrected chi connectivity index (χ0v) is 15.7. The maximum absolute atomic E-state index is 13.8. The number of carbonyl (C=O) groups is 1. The lowest BCUT2D eigenvalue weighted by molar-refractivity contribution is 0.0690. The molecule has 3 aromatic heterocycles. The van der Waals surface area contributed by atoms with Gasteiger partial charge in [0.1, 0.15) is 30.0 Å². The number of hydrogen-bond acceptors (Lipinski definition) is 7. The molecule has 152 valence electrons. The summed E-state index contributed by atoms with van der Waals surface area (Å²) in [5.41, 5.74) is 1.56. The van der Waals surface area contributed by atoms with E-state index < -0.39 is 11.8 Å². The molecule has 0 bridgehead atoms. The zero-order chi connectivity index (χ0) is 20.7. The number of aromatic nitrogens is 5. The third-order valence-corrected chi connectivity index (χ3v) is 5.23. The molecule has 1 aromatic carbocycles. The molecule has 4 heterocycles. The molecule has 1 unspecified atom stereocenters. The summed E-state index contributed by atoms with van der Waals surface area (Å²) in [4.78, 5) is 33.5. The maximum atomic E-state index is 13.8. The molecular weight excluding hydrogens is 391 g/mol. The molecule has 0 radical (unpaired) electrons. The van der Waals surface area contributed by atoms with E-state index in [9.17, 15) is 14.3 Å². The van der Waals surface area contributed by atoms with Gasteiger partial charge in [0.25, 0.3) is 0 Å². The van der Waals surface area contributed by atoms with Crippen LogP contribution in [0.1, 0.15) is 23.3 Å². The second kappa shape index (κ2) is 7.21. The Kier molecular flexibility index (Phi) is 4.38. The van der Waals surface area contributed by atoms with Crippen molar-refractivity contribution in [1.29, 1.82) is 0 Å². The minimum atomic E-state index is -1.17. The number of rotatable bonds is 5. The molecule has 1 atom stereocenters. The smallest absolute Gasteiger partial charge is 0.354 e. The lowest BCUT2D eigenvalue weighted by atomic mass is 10.1. The van der Waals surface area contributed by atoms with Crippen molar-refractivity contribution in [3.63, 3.8) is 0 Å². The number of imidazole rings is 1. The summed E-state index contributed by atoms with van der Waals surface area (Å²) in [5.74, 6) is -0.599. The first-order valence-electron chi connectivity index (χ1n) is 9.47. The van der Waals surface area contributed by atoms with Gasteiger partial charge < -0.3 is 19.7 Å². The Labute approximate surface area is 169 Å². The molecule has 1 saturated heterocycles. The van der Waals surface area contributed by atoms with E-state index in [-0.39, 0.29) is 24.1 Å². The Morgan fingerprint density at radius 1 is 1.30 bits per heavy atom. The van der Waals surface area contributed by atoms with Crippen molar-refractivity contribution >= 4 is 33.9 Å². The van der Waals surface area contributed by atoms with Crippen molar-refractivity contribution in [2.45, 2.75) is 18.9 Å². The fourth-order valence-corrected chi connectivity index (χ4v) is 3.83. The molecule has 0 aliphatic carbocycles. The highest BCUT2D eigenvalue weighted by molar-refractivity contribution is 5.93. The van der Waals surface area contributed by atoms with Crippen LogP contribution in [-0.4, -0.2) is 55.2 Å². The van der Waals surface area contributed by atoms with Gasteiger partial charge in [0.2, 0.25) is 0 Å². The lowest BCUT2D eigenvalue weighted by Crippen LogP contribution is -2.35. The van der Waals surface area contributed by atoms with Crippen LogP contribution in [-0.2, 0) is 0 Å². The van der Waals surface area contributed by atoms with Crippen LogP contribution in [0.3, 0.4) is 0 Å². The van der Waals surface area contributed by atoms with Crippen molar-refractivity contribution in [3.8, 4) is 5.75 Å². The second-order valence-corrected chi connectivity index (χ2v) is 7.07. The van der Waals surface area contributed by atoms with Crippen molar-refractivity contribution < 1.29 is 19.0 Å². The Morgan fingerprint density at radius 2 is 2.20 bits per heavy atom. The first-order valence-corrected chi connectivity index (χ1v) is 9.47. The quantitative estimate of drug-likeness (QED) is 0.518. The molecular formula is C20H17FN6O3. The van der Waals surface area contributed by atoms with Gasteiger partial charge in [0.15, 0.2) is 17.2 Å². The van der Waals surface area contributed by atoms with Gasteiger partial charge in [0, 0.05) is 18.0 Å². The molecule has 0 saturated carbocycles. The van der Waals surface area contributed by atoms with Crippen LogP contribution < -0.4 is 9.64 Å². The Balaban J connectivity index is 1.45. The van der Waals surface area contributed by atoms with Crippen LogP contribution in [0.4, 0.5) is 10.2 Å². The predicted octanol–water partition coefficient (Wildman–Crippen LogP) is 2.79. The van der Waals surface area contributed by atoms with E-state index in [2.05, 4.69) is 29.8 Å². The third kappa shape index (κ3) is 3.15. The van der Waals surface area contributed by atoms with Gasteiger partial charge in [-0.15, -0.1) is 0 Å². The summed E-state index contributed by atoms with van der Waals surface area (Å²) in [6, 6.07) is 5.33. The largest absolute Gasteiger partial charge is 0.491 e. The number of ether oxygens (including phenoxy) is 1. The molecule has 9 nitrogen and oxygen atoms in total. The number of benzene rings is 1. The standard InChI is InChI=1S/C20H17FN6O3/c21-11-3-4-14-13(6-11)16(7-15(26-14)20(28)29)30-8-12-2-1-5-27(12)19-17-18(23-9-22-17)24-10-25-19/h3-4,6-7,9-10,12H,1-2,5,8H2,(H,28,29)(H,22,23,24,25). The Hall–Kier alpha value is -3.82. The molecule has 1 aliphatic heterocycles. The fraction of sp³-hybridized carbons (Fsp3) is 0.250. The van der Waals surface area contributed by atoms with E-state index >= 15 is 0 Å². The molecule has 0 amide bonds. The van der Waals surface area contributed by atoms with Gasteiger partial charge in [-0.2, -0.15) is 0 Å². The number of halogens is 1. The topological polar surface area (TPSA) is 117 Å². The number of nitrogens with zero attached hydrogens (tertiary/aromatic N) is 5. The predicted molar refractivity (Wildman–Crippen MR) is 106 cm³/mol. The van der Waals surface area contributed by atoms with Gasteiger partial charge in [-0.05, 0) is 31.0 Å². The van der Waals surface area contributed by atoms with E-state index in [4.69, 9.17) is 4.74 Å². The minimum Gasteiger partial charge on any atom is -0.491 e. The number of aromatic amines is 1. The average Bonchev–Trinajstić information content (AvgIpc) is 3.41. The summed E-state index contributed by atoms with van der Waals surface area (Å²) >= 11 is 0. The molecule has 5 rings (SSSR count). The van der Waals surface area contributed by atoms with E-state index in [0.717, 1.165) is 25.2 Å². The summed E-state index contributed by atoms with van der Waals surface area (Å²) in [6.07, 6.45) is 4.90. The number of anilines is 1. The highest BCUT2D eigenvalue weighted by Crippen LogP contribution is 2.30. The molecule has 1 fully saturated rings. The summed E-state index contributed by atoms with van der Waals surface area (Å²) < 4.78 is 19.8. The number of aromatic carboxylic acids is 1. The van der Waals surface area contributed by atoms with Crippen molar-refractivity contribution in [3.05, 3.63) is 48.4 Å². The fourth-order valence-electron chi connectivity index (χ4n) is 3.83. The third-order valence-electron chi connectivity index (χ3n) is 5.23. The van der Waals surface area contributed by atoms with Crippen molar-refractivity contribution in [1.82, 2.24) is 24.9 Å². The number of pyridine rings is 1. The Morgan fingerprint density at radius 3 is 3.07 bits per heavy atom. The maximum Gasteiger partial charge on any atom is 0.354 e. The van der Waals surface area contributed by atoms with Gasteiger partial charge >= 0.3 is 5.97 Å². The monoisotopic (exact) mass is 408 g/mol. The lowest BCUT2D eigenvalue weighted by Gasteiger charge is -2.26. The summed E-state index contributed by atoms with van der Waals surface area (Å²) in [7, 11) is 0. The highest BCUT2D eigenvalue weighted by atomic mass is 19.1. The van der Waals surface area contributed by atoms with E-state index in [1.807, 2.05) is 0 Å². The molecule has 2 N–H and O–H groups in total. The van der Waals surface area contributed by atoms with E-state index in [1.54, 1.807) is 6.33 Å². The Bertz CT molecular complexity index is 1260. The number of nitrogens with one attached hydrogen (secondary N) is 1.